The molecule has 0 aromatic carbocycles. The number of hydrogen-bond donors (Lipinski definition) is 2. The van der Waals surface area contributed by atoms with Crippen molar-refractivity contribution < 1.29 is 9.90 Å². The summed E-state index contributed by atoms with van der Waals surface area (Å²) >= 11 is 0. The Labute approximate surface area is 73.3 Å². The number of rotatable bonds is 6. The number of allylic oxidation sites excluding steroid dienone is 1. The maximum absolute atomic E-state index is 10.8. The zero-order valence-electron chi connectivity index (χ0n) is 7.49. The molecule has 0 aromatic heterocycles. The predicted molar refractivity (Wildman–Crippen MR) is 48.7 cm³/mol. The Hall–Kier alpha value is -0.670. The summed E-state index contributed by atoms with van der Waals surface area (Å²) in [5.74, 6) is 0.0433. The van der Waals surface area contributed by atoms with Crippen LogP contribution in [0.1, 0.15) is 26.2 Å². The first-order valence-corrected chi connectivity index (χ1v) is 4.29. The van der Waals surface area contributed by atoms with E-state index in [9.17, 15) is 9.90 Å². The highest BCUT2D eigenvalue weighted by atomic mass is 16.3. The average molecular weight is 171 g/mol. The summed E-state index contributed by atoms with van der Waals surface area (Å²) in [7, 11) is 0. The van der Waals surface area contributed by atoms with Crippen LogP contribution in [-0.4, -0.2) is 23.5 Å². The van der Waals surface area contributed by atoms with Crippen molar-refractivity contribution in [3.8, 4) is 0 Å². The molecule has 0 fully saturated rings. The van der Waals surface area contributed by atoms with Crippen molar-refractivity contribution in [3.05, 3.63) is 12.2 Å². The summed E-state index contributed by atoms with van der Waals surface area (Å²) in [6, 6.07) is 0. The van der Waals surface area contributed by atoms with Crippen LogP contribution in [0.3, 0.4) is 0 Å². The third-order valence-corrected chi connectivity index (χ3v) is 1.56. The number of nitrogens with two attached hydrogens (primary N) is 1. The fourth-order valence-corrected chi connectivity index (χ4v) is 0.759. The van der Waals surface area contributed by atoms with Crippen molar-refractivity contribution in [3.63, 3.8) is 0 Å². The van der Waals surface area contributed by atoms with Crippen LogP contribution in [-0.2, 0) is 4.79 Å². The van der Waals surface area contributed by atoms with E-state index in [1.807, 2.05) is 0 Å². The lowest BCUT2D eigenvalue weighted by Crippen LogP contribution is -2.07. The zero-order valence-corrected chi connectivity index (χ0v) is 7.49. The molecule has 0 aliphatic heterocycles. The first-order valence-electron chi connectivity index (χ1n) is 4.29. The molecular formula is C9H17NO2. The molecule has 3 heteroatoms. The molecule has 0 saturated heterocycles. The first kappa shape index (κ1) is 11.3. The van der Waals surface area contributed by atoms with Gasteiger partial charge in [-0.25, -0.2) is 0 Å². The van der Waals surface area contributed by atoms with E-state index < -0.39 is 6.10 Å². The van der Waals surface area contributed by atoms with E-state index in [2.05, 4.69) is 0 Å². The summed E-state index contributed by atoms with van der Waals surface area (Å²) in [4.78, 5) is 10.8. The van der Waals surface area contributed by atoms with Crippen LogP contribution in [0.4, 0.5) is 0 Å². The van der Waals surface area contributed by atoms with Crippen LogP contribution in [0.2, 0.25) is 0 Å². The van der Waals surface area contributed by atoms with Gasteiger partial charge >= 0.3 is 0 Å². The van der Waals surface area contributed by atoms with Gasteiger partial charge in [-0.05, 0) is 25.5 Å². The highest BCUT2D eigenvalue weighted by Crippen LogP contribution is 1.97. The second kappa shape index (κ2) is 7.00. The summed E-state index contributed by atoms with van der Waals surface area (Å²) < 4.78 is 0. The van der Waals surface area contributed by atoms with Crippen LogP contribution in [0, 0.1) is 0 Å². The van der Waals surface area contributed by atoms with Crippen molar-refractivity contribution in [2.45, 2.75) is 32.3 Å². The maximum atomic E-state index is 10.8. The van der Waals surface area contributed by atoms with Gasteiger partial charge in [-0.2, -0.15) is 0 Å². The molecule has 1 atom stereocenters. The van der Waals surface area contributed by atoms with Gasteiger partial charge in [0.15, 0.2) is 5.78 Å². The van der Waals surface area contributed by atoms with Crippen LogP contribution < -0.4 is 5.73 Å². The van der Waals surface area contributed by atoms with Gasteiger partial charge in [-0.1, -0.05) is 13.0 Å². The summed E-state index contributed by atoms with van der Waals surface area (Å²) in [5.41, 5.74) is 5.26. The molecule has 0 aromatic rings. The largest absolute Gasteiger partial charge is 0.389 e. The molecule has 0 radical (unpaired) electrons. The second-order valence-corrected chi connectivity index (χ2v) is 2.68. The van der Waals surface area contributed by atoms with Crippen molar-refractivity contribution in [1.29, 1.82) is 0 Å². The second-order valence-electron chi connectivity index (χ2n) is 2.68. The SMILES string of the molecule is CCC(=O)/C=C\[C@H](O)CCCN. The van der Waals surface area contributed by atoms with E-state index in [0.29, 0.717) is 19.4 Å². The molecule has 0 bridgehead atoms. The molecule has 0 aliphatic carbocycles. The molecule has 12 heavy (non-hydrogen) atoms. The normalized spacial score (nSPS) is 13.6. The monoisotopic (exact) mass is 171 g/mol. The molecule has 3 N–H and O–H groups in total. The van der Waals surface area contributed by atoms with Gasteiger partial charge < -0.3 is 10.8 Å². The Morgan fingerprint density at radius 2 is 2.33 bits per heavy atom. The van der Waals surface area contributed by atoms with Gasteiger partial charge in [0.2, 0.25) is 0 Å². The molecule has 0 saturated carbocycles. The van der Waals surface area contributed by atoms with Crippen LogP contribution in [0.5, 0.6) is 0 Å². The quantitative estimate of drug-likeness (QED) is 0.576. The summed E-state index contributed by atoms with van der Waals surface area (Å²) in [6.07, 6.45) is 4.34. The van der Waals surface area contributed by atoms with Gasteiger partial charge in [0, 0.05) is 6.42 Å². The number of hydrogen-bond acceptors (Lipinski definition) is 3. The Balaban J connectivity index is 3.59. The van der Waals surface area contributed by atoms with Crippen molar-refractivity contribution in [1.82, 2.24) is 0 Å². The predicted octanol–water partition coefficient (Wildman–Crippen LogP) is 0.622. The van der Waals surface area contributed by atoms with Crippen LogP contribution in [0.15, 0.2) is 12.2 Å². The van der Waals surface area contributed by atoms with Gasteiger partial charge in [0.1, 0.15) is 0 Å². The topological polar surface area (TPSA) is 63.3 Å². The van der Waals surface area contributed by atoms with E-state index in [1.165, 1.54) is 12.2 Å². The highest BCUT2D eigenvalue weighted by Gasteiger charge is 1.98. The van der Waals surface area contributed by atoms with E-state index >= 15 is 0 Å². The van der Waals surface area contributed by atoms with Crippen molar-refractivity contribution >= 4 is 5.78 Å². The Kier molecular flexibility index (Phi) is 6.61. The van der Waals surface area contributed by atoms with Crippen molar-refractivity contribution in [2.24, 2.45) is 5.73 Å². The van der Waals surface area contributed by atoms with Crippen molar-refractivity contribution in [2.75, 3.05) is 6.54 Å². The van der Waals surface area contributed by atoms with E-state index in [1.54, 1.807) is 6.92 Å². The van der Waals surface area contributed by atoms with E-state index in [-0.39, 0.29) is 5.78 Å². The molecule has 0 heterocycles. The summed E-state index contributed by atoms with van der Waals surface area (Å²) in [5, 5.41) is 9.23. The van der Waals surface area contributed by atoms with Crippen LogP contribution in [0.25, 0.3) is 0 Å². The fourth-order valence-electron chi connectivity index (χ4n) is 0.759. The lowest BCUT2D eigenvalue weighted by atomic mass is 10.1. The van der Waals surface area contributed by atoms with Gasteiger partial charge in [-0.3, -0.25) is 4.79 Å². The third-order valence-electron chi connectivity index (χ3n) is 1.56. The maximum Gasteiger partial charge on any atom is 0.155 e. The Bertz CT molecular complexity index is 155. The minimum atomic E-state index is -0.524. The lowest BCUT2D eigenvalue weighted by Gasteiger charge is -2.02. The standard InChI is InChI=1S/C9H17NO2/c1-2-8(11)5-6-9(12)4-3-7-10/h5-6,9,12H,2-4,7,10H2,1H3/b6-5-/t9-/m1/s1. The summed E-state index contributed by atoms with van der Waals surface area (Å²) in [6.45, 7) is 2.37. The molecule has 0 unspecified atom stereocenters. The molecule has 0 spiro atoms. The average Bonchev–Trinajstić information content (AvgIpc) is 2.10. The highest BCUT2D eigenvalue weighted by molar-refractivity contribution is 5.89. The molecule has 0 rings (SSSR count). The molecular weight excluding hydrogens is 154 g/mol. The number of carbonyl (C=O) groups is 1. The third kappa shape index (κ3) is 6.07. The van der Waals surface area contributed by atoms with Gasteiger partial charge in [-0.15, -0.1) is 0 Å². The molecule has 70 valence electrons. The minimum absolute atomic E-state index is 0.0433. The Morgan fingerprint density at radius 3 is 2.83 bits per heavy atom. The number of aliphatic hydroxyl groups excluding tert-OH is 1. The fraction of sp³-hybridized carbons (Fsp3) is 0.667. The number of ketones is 1. The van der Waals surface area contributed by atoms with E-state index in [4.69, 9.17) is 5.73 Å². The smallest absolute Gasteiger partial charge is 0.155 e. The minimum Gasteiger partial charge on any atom is -0.389 e. The number of aliphatic hydroxyl groups is 1. The lowest BCUT2D eigenvalue weighted by molar-refractivity contribution is -0.114. The van der Waals surface area contributed by atoms with E-state index in [0.717, 1.165) is 6.42 Å². The zero-order chi connectivity index (χ0) is 9.40. The van der Waals surface area contributed by atoms with Crippen LogP contribution >= 0.6 is 0 Å². The first-order chi connectivity index (χ1) is 5.70. The molecule has 3 nitrogen and oxygen atoms in total. The molecule has 0 amide bonds. The molecule has 0 aliphatic rings. The van der Waals surface area contributed by atoms with Gasteiger partial charge in [0.25, 0.3) is 0 Å². The Morgan fingerprint density at radius 1 is 1.67 bits per heavy atom. The van der Waals surface area contributed by atoms with Gasteiger partial charge in [0.05, 0.1) is 6.10 Å². The number of carbonyl (C=O) groups excluding carboxylic acids is 1.